The molecule has 0 bridgehead atoms. The van der Waals surface area contributed by atoms with Crippen molar-refractivity contribution in [2.45, 2.75) is 31.7 Å². The minimum atomic E-state index is -4.47. The third kappa shape index (κ3) is 2.26. The van der Waals surface area contributed by atoms with E-state index in [1.165, 1.54) is 18.6 Å². The lowest BCUT2D eigenvalue weighted by molar-refractivity contribution is -0.137. The van der Waals surface area contributed by atoms with Gasteiger partial charge in [0.2, 0.25) is 0 Å². The van der Waals surface area contributed by atoms with Crippen LogP contribution in [0.25, 0.3) is 0 Å². The maximum atomic E-state index is 13.0. The molecule has 2 heterocycles. The molecule has 3 rings (SSSR count). The third-order valence-corrected chi connectivity index (χ3v) is 3.73. The van der Waals surface area contributed by atoms with Gasteiger partial charge in [-0.2, -0.15) is 13.2 Å². The zero-order valence-electron chi connectivity index (χ0n) is 11.9. The highest BCUT2D eigenvalue weighted by Crippen LogP contribution is 2.42. The van der Waals surface area contributed by atoms with Crippen LogP contribution in [0, 0.1) is 0 Å². The fraction of sp³-hybridized carbons (Fsp3) is 0.333. The number of hydrogen-bond donors (Lipinski definition) is 0. The van der Waals surface area contributed by atoms with E-state index in [2.05, 4.69) is 4.98 Å². The van der Waals surface area contributed by atoms with Crippen LogP contribution in [0.15, 0.2) is 36.9 Å². The van der Waals surface area contributed by atoms with Gasteiger partial charge in [0.1, 0.15) is 5.60 Å². The number of imidazole rings is 1. The number of halogens is 3. The smallest absolute Gasteiger partial charge is 0.416 e. The van der Waals surface area contributed by atoms with Gasteiger partial charge in [0.15, 0.2) is 0 Å². The Kier molecular flexibility index (Phi) is 3.05. The molecule has 0 aliphatic carbocycles. The average Bonchev–Trinajstić information content (AvgIpc) is 2.89. The lowest BCUT2D eigenvalue weighted by Crippen LogP contribution is -2.43. The van der Waals surface area contributed by atoms with E-state index < -0.39 is 29.4 Å². The molecule has 0 fully saturated rings. The quantitative estimate of drug-likeness (QED) is 0.758. The molecule has 22 heavy (non-hydrogen) atoms. The zero-order chi connectivity index (χ0) is 16.1. The second-order valence-corrected chi connectivity index (χ2v) is 5.71. The highest BCUT2D eigenvalue weighted by molar-refractivity contribution is 5.93. The highest BCUT2D eigenvalue weighted by Gasteiger charge is 2.44. The molecule has 0 amide bonds. The van der Waals surface area contributed by atoms with E-state index in [1.807, 2.05) is 0 Å². The van der Waals surface area contributed by atoms with Crippen LogP contribution in [0.4, 0.5) is 13.2 Å². The second-order valence-electron chi connectivity index (χ2n) is 5.71. The summed E-state index contributed by atoms with van der Waals surface area (Å²) in [6.07, 6.45) is 0.186. The van der Waals surface area contributed by atoms with E-state index in [0.29, 0.717) is 0 Å². The van der Waals surface area contributed by atoms with Gasteiger partial charge >= 0.3 is 12.1 Å². The molecule has 116 valence electrons. The van der Waals surface area contributed by atoms with Gasteiger partial charge in [-0.15, -0.1) is 0 Å². The van der Waals surface area contributed by atoms with Crippen molar-refractivity contribution in [3.63, 3.8) is 0 Å². The van der Waals surface area contributed by atoms with E-state index >= 15 is 0 Å². The number of ether oxygens (including phenoxy) is 1. The molecule has 0 saturated carbocycles. The van der Waals surface area contributed by atoms with Gasteiger partial charge in [-0.1, -0.05) is 0 Å². The van der Waals surface area contributed by atoms with Crippen LogP contribution in [0.5, 0.6) is 0 Å². The molecule has 1 aliphatic heterocycles. The number of fused-ring (bicyclic) bond motifs is 1. The molecule has 1 atom stereocenters. The van der Waals surface area contributed by atoms with E-state index in [0.717, 1.165) is 12.1 Å². The van der Waals surface area contributed by atoms with E-state index in [-0.39, 0.29) is 11.1 Å². The topological polar surface area (TPSA) is 44.1 Å². The van der Waals surface area contributed by atoms with E-state index in [4.69, 9.17) is 4.74 Å². The Balaban J connectivity index is 2.23. The summed E-state index contributed by atoms with van der Waals surface area (Å²) in [6, 6.07) is 2.50. The standard InChI is InChI=1S/C15H13F3N2O2/c1-14(2)12(20-6-5-19-8-20)11-7-9(15(16,17)18)3-4-10(11)13(21)22-14/h3-8,12H,1-2H3. The van der Waals surface area contributed by atoms with Gasteiger partial charge in [0.25, 0.3) is 0 Å². The number of alkyl halides is 3. The predicted octanol–water partition coefficient (Wildman–Crippen LogP) is 3.44. The first-order valence-corrected chi connectivity index (χ1v) is 6.62. The van der Waals surface area contributed by atoms with Crippen LogP contribution in [-0.2, 0) is 10.9 Å². The highest BCUT2D eigenvalue weighted by atomic mass is 19.4. The number of nitrogens with zero attached hydrogens (tertiary/aromatic N) is 2. The Bertz CT molecular complexity index is 721. The van der Waals surface area contributed by atoms with Gasteiger partial charge in [-0.05, 0) is 37.6 Å². The monoisotopic (exact) mass is 310 g/mol. The number of carbonyl (C=O) groups excluding carboxylic acids is 1. The number of aromatic nitrogens is 2. The van der Waals surface area contributed by atoms with Gasteiger partial charge in [0, 0.05) is 12.4 Å². The first-order chi connectivity index (χ1) is 10.2. The largest absolute Gasteiger partial charge is 0.453 e. The van der Waals surface area contributed by atoms with E-state index in [1.54, 1.807) is 24.6 Å². The van der Waals surface area contributed by atoms with Gasteiger partial charge in [-0.3, -0.25) is 0 Å². The van der Waals surface area contributed by atoms with Crippen LogP contribution in [-0.4, -0.2) is 21.1 Å². The van der Waals surface area contributed by atoms with Crippen LogP contribution in [0.1, 0.15) is 41.4 Å². The molecule has 4 nitrogen and oxygen atoms in total. The Morgan fingerprint density at radius 2 is 2.05 bits per heavy atom. The van der Waals surface area contributed by atoms with Crippen molar-refractivity contribution in [3.05, 3.63) is 53.6 Å². The summed E-state index contributed by atoms with van der Waals surface area (Å²) in [5.74, 6) is -0.620. The summed E-state index contributed by atoms with van der Waals surface area (Å²) in [4.78, 5) is 16.0. The van der Waals surface area contributed by atoms with Crippen LogP contribution in [0.3, 0.4) is 0 Å². The number of hydrogen-bond acceptors (Lipinski definition) is 3. The number of rotatable bonds is 1. The fourth-order valence-electron chi connectivity index (χ4n) is 2.82. The Morgan fingerprint density at radius 1 is 1.32 bits per heavy atom. The number of carbonyl (C=O) groups is 1. The van der Waals surface area contributed by atoms with Crippen molar-refractivity contribution in [1.29, 1.82) is 0 Å². The van der Waals surface area contributed by atoms with Crippen LogP contribution in [0.2, 0.25) is 0 Å². The first kappa shape index (κ1) is 14.6. The van der Waals surface area contributed by atoms with Crippen LogP contribution < -0.4 is 0 Å². The predicted molar refractivity (Wildman–Crippen MR) is 71.3 cm³/mol. The minimum Gasteiger partial charge on any atom is -0.453 e. The molecule has 0 spiro atoms. The van der Waals surface area contributed by atoms with Crippen molar-refractivity contribution in [3.8, 4) is 0 Å². The molecule has 1 aliphatic rings. The number of cyclic esters (lactones) is 1. The van der Waals surface area contributed by atoms with Crippen LogP contribution >= 0.6 is 0 Å². The molecule has 0 radical (unpaired) electrons. The Labute approximate surface area is 124 Å². The number of benzene rings is 1. The lowest BCUT2D eigenvalue weighted by atomic mass is 9.84. The molecule has 7 heteroatoms. The third-order valence-electron chi connectivity index (χ3n) is 3.73. The molecule has 2 aromatic rings. The van der Waals surface area contributed by atoms with Gasteiger partial charge in [-0.25, -0.2) is 9.78 Å². The zero-order valence-corrected chi connectivity index (χ0v) is 11.9. The lowest BCUT2D eigenvalue weighted by Gasteiger charge is -2.39. The van der Waals surface area contributed by atoms with Gasteiger partial charge < -0.3 is 9.30 Å². The maximum absolute atomic E-state index is 13.0. The normalized spacial score (nSPS) is 20.4. The van der Waals surface area contributed by atoms with Crippen molar-refractivity contribution in [2.75, 3.05) is 0 Å². The molecule has 1 aromatic heterocycles. The van der Waals surface area contributed by atoms with Crippen molar-refractivity contribution in [1.82, 2.24) is 9.55 Å². The van der Waals surface area contributed by atoms with E-state index in [9.17, 15) is 18.0 Å². The summed E-state index contributed by atoms with van der Waals surface area (Å²) in [5.41, 5.74) is -1.35. The molecular formula is C15H13F3N2O2. The molecular weight excluding hydrogens is 297 g/mol. The van der Waals surface area contributed by atoms with Crippen molar-refractivity contribution >= 4 is 5.97 Å². The summed E-state index contributed by atoms with van der Waals surface area (Å²) in [7, 11) is 0. The fourth-order valence-corrected chi connectivity index (χ4v) is 2.82. The summed E-state index contributed by atoms with van der Waals surface area (Å²) < 4.78 is 46.0. The Morgan fingerprint density at radius 3 is 2.64 bits per heavy atom. The molecule has 0 saturated heterocycles. The summed E-state index contributed by atoms with van der Waals surface area (Å²) in [5, 5.41) is 0. The Hall–Kier alpha value is -2.31. The summed E-state index contributed by atoms with van der Waals surface area (Å²) in [6.45, 7) is 3.33. The number of esters is 1. The second kappa shape index (κ2) is 4.59. The van der Waals surface area contributed by atoms with Crippen molar-refractivity contribution in [2.24, 2.45) is 0 Å². The molecule has 1 aromatic carbocycles. The average molecular weight is 310 g/mol. The van der Waals surface area contributed by atoms with Gasteiger partial charge in [0.05, 0.1) is 23.5 Å². The minimum absolute atomic E-state index is 0.144. The van der Waals surface area contributed by atoms with Crippen molar-refractivity contribution < 1.29 is 22.7 Å². The maximum Gasteiger partial charge on any atom is 0.416 e. The molecule has 1 unspecified atom stereocenters. The first-order valence-electron chi connectivity index (χ1n) is 6.62. The molecule has 0 N–H and O–H groups in total. The summed E-state index contributed by atoms with van der Waals surface area (Å²) >= 11 is 0. The SMILES string of the molecule is CC1(C)OC(=O)c2ccc(C(F)(F)F)cc2C1n1ccnc1.